The van der Waals surface area contributed by atoms with Gasteiger partial charge in [0.25, 0.3) is 11.6 Å². The third kappa shape index (κ3) is 3.20. The van der Waals surface area contributed by atoms with Crippen molar-refractivity contribution in [1.82, 2.24) is 19.7 Å². The van der Waals surface area contributed by atoms with Crippen LogP contribution in [0.15, 0.2) is 18.2 Å². The van der Waals surface area contributed by atoms with Crippen molar-refractivity contribution < 1.29 is 9.72 Å². The minimum absolute atomic E-state index is 0.0204. The van der Waals surface area contributed by atoms with Gasteiger partial charge in [0.05, 0.1) is 11.0 Å². The summed E-state index contributed by atoms with van der Waals surface area (Å²) in [5, 5.41) is 20.0. The predicted molar refractivity (Wildman–Crippen MR) is 98.4 cm³/mol. The van der Waals surface area contributed by atoms with Gasteiger partial charge in [-0.05, 0) is 38.7 Å². The van der Waals surface area contributed by atoms with Crippen LogP contribution in [0.25, 0.3) is 0 Å². The second-order valence-electron chi connectivity index (χ2n) is 7.35. The highest BCUT2D eigenvalue weighted by molar-refractivity contribution is 5.95. The van der Waals surface area contributed by atoms with E-state index in [2.05, 4.69) is 14.8 Å². The topological polar surface area (TPSA) is 94.2 Å². The third-order valence-electron chi connectivity index (χ3n) is 5.60. The van der Waals surface area contributed by atoms with E-state index in [1.54, 1.807) is 24.0 Å². The van der Waals surface area contributed by atoms with Crippen LogP contribution < -0.4 is 0 Å². The van der Waals surface area contributed by atoms with Crippen molar-refractivity contribution in [2.24, 2.45) is 0 Å². The summed E-state index contributed by atoms with van der Waals surface area (Å²) in [5.74, 6) is 1.69. The third-order valence-corrected chi connectivity index (χ3v) is 5.60. The van der Waals surface area contributed by atoms with Gasteiger partial charge in [-0.3, -0.25) is 14.9 Å². The van der Waals surface area contributed by atoms with Gasteiger partial charge in [-0.15, -0.1) is 10.2 Å². The first kappa shape index (κ1) is 17.6. The molecule has 0 radical (unpaired) electrons. The zero-order chi connectivity index (χ0) is 19.0. The summed E-state index contributed by atoms with van der Waals surface area (Å²) in [6, 6.07) is 4.58. The van der Waals surface area contributed by atoms with Gasteiger partial charge in [0.1, 0.15) is 5.82 Å². The molecular weight excluding hydrogens is 346 g/mol. The van der Waals surface area contributed by atoms with Crippen LogP contribution >= 0.6 is 0 Å². The summed E-state index contributed by atoms with van der Waals surface area (Å²) in [6.07, 6.45) is 6.08. The first-order valence-electron chi connectivity index (χ1n) is 9.54. The van der Waals surface area contributed by atoms with Crippen LogP contribution in [-0.2, 0) is 13.0 Å². The highest BCUT2D eigenvalue weighted by Crippen LogP contribution is 2.34. The Morgan fingerprint density at radius 2 is 2.04 bits per heavy atom. The molecule has 1 aromatic carbocycles. The molecule has 142 valence electrons. The Hall–Kier alpha value is -2.77. The molecule has 4 rings (SSSR count). The molecule has 1 atom stereocenters. The van der Waals surface area contributed by atoms with Gasteiger partial charge in [0, 0.05) is 36.7 Å². The van der Waals surface area contributed by atoms with Crippen molar-refractivity contribution in [1.29, 1.82) is 0 Å². The van der Waals surface area contributed by atoms with Gasteiger partial charge in [0.15, 0.2) is 5.82 Å². The number of likely N-dealkylation sites (tertiary alicyclic amines) is 1. The molecule has 1 unspecified atom stereocenters. The molecule has 2 aromatic rings. The van der Waals surface area contributed by atoms with E-state index < -0.39 is 4.92 Å². The highest BCUT2D eigenvalue weighted by atomic mass is 16.6. The molecule has 0 saturated carbocycles. The molecule has 2 aliphatic heterocycles. The minimum atomic E-state index is -0.439. The molecule has 0 spiro atoms. The number of carbonyl (C=O) groups excluding carboxylic acids is 1. The quantitative estimate of drug-likeness (QED) is 0.612. The Morgan fingerprint density at radius 3 is 2.85 bits per heavy atom. The summed E-state index contributed by atoms with van der Waals surface area (Å²) in [7, 11) is 0. The van der Waals surface area contributed by atoms with Crippen molar-refractivity contribution in [3.05, 3.63) is 51.1 Å². The Bertz CT molecular complexity index is 891. The summed E-state index contributed by atoms with van der Waals surface area (Å²) >= 11 is 0. The number of nitrogens with zero attached hydrogens (tertiary/aromatic N) is 5. The Kier molecular flexibility index (Phi) is 4.63. The molecular formula is C19H23N5O3. The fraction of sp³-hybridized carbons (Fsp3) is 0.526. The molecule has 8 nitrogen and oxygen atoms in total. The Balaban J connectivity index is 1.64. The second-order valence-corrected chi connectivity index (χ2v) is 7.35. The lowest BCUT2D eigenvalue weighted by molar-refractivity contribution is -0.385. The number of rotatable bonds is 3. The van der Waals surface area contributed by atoms with E-state index in [4.69, 9.17) is 0 Å². The van der Waals surface area contributed by atoms with E-state index in [1.807, 2.05) is 0 Å². The average molecular weight is 369 g/mol. The number of aryl methyl sites for hydroxylation is 2. The molecule has 2 aliphatic rings. The second kappa shape index (κ2) is 7.09. The maximum Gasteiger partial charge on any atom is 0.273 e. The van der Waals surface area contributed by atoms with Crippen LogP contribution in [0.1, 0.15) is 65.7 Å². The molecule has 1 aromatic heterocycles. The molecule has 8 heteroatoms. The average Bonchev–Trinajstić information content (AvgIpc) is 3.22. The number of aromatic nitrogens is 3. The molecule has 0 bridgehead atoms. The summed E-state index contributed by atoms with van der Waals surface area (Å²) in [4.78, 5) is 25.7. The Morgan fingerprint density at radius 1 is 1.19 bits per heavy atom. The van der Waals surface area contributed by atoms with Crippen LogP contribution in [0.3, 0.4) is 0 Å². The van der Waals surface area contributed by atoms with Gasteiger partial charge >= 0.3 is 0 Å². The normalized spacial score (nSPS) is 19.6. The van der Waals surface area contributed by atoms with Crippen LogP contribution in [0.5, 0.6) is 0 Å². The Labute approximate surface area is 157 Å². The van der Waals surface area contributed by atoms with E-state index in [-0.39, 0.29) is 17.6 Å². The van der Waals surface area contributed by atoms with Crippen LogP contribution in [0.2, 0.25) is 0 Å². The van der Waals surface area contributed by atoms with Gasteiger partial charge in [-0.2, -0.15) is 0 Å². The fourth-order valence-electron chi connectivity index (χ4n) is 4.14. The maximum atomic E-state index is 13.1. The first-order chi connectivity index (χ1) is 13.1. The van der Waals surface area contributed by atoms with Crippen molar-refractivity contribution in [3.8, 4) is 0 Å². The number of hydrogen-bond acceptors (Lipinski definition) is 5. The van der Waals surface area contributed by atoms with Crippen LogP contribution in [-0.4, -0.2) is 37.0 Å². The molecule has 0 N–H and O–H groups in total. The van der Waals surface area contributed by atoms with Gasteiger partial charge in [-0.1, -0.05) is 12.5 Å². The zero-order valence-electron chi connectivity index (χ0n) is 15.4. The number of carbonyl (C=O) groups is 1. The molecule has 1 saturated heterocycles. The van der Waals surface area contributed by atoms with E-state index in [1.165, 1.54) is 12.5 Å². The number of hydrogen-bond donors (Lipinski definition) is 0. The zero-order valence-corrected chi connectivity index (χ0v) is 15.4. The minimum Gasteiger partial charge on any atom is -0.328 e. The van der Waals surface area contributed by atoms with E-state index in [0.717, 1.165) is 50.3 Å². The number of nitro groups is 1. The molecule has 1 amide bonds. The summed E-state index contributed by atoms with van der Waals surface area (Å²) < 4.78 is 2.18. The number of amides is 1. The largest absolute Gasteiger partial charge is 0.328 e. The van der Waals surface area contributed by atoms with Crippen LogP contribution in [0.4, 0.5) is 5.69 Å². The van der Waals surface area contributed by atoms with Gasteiger partial charge in [0.2, 0.25) is 0 Å². The first-order valence-corrected chi connectivity index (χ1v) is 9.54. The lowest BCUT2D eigenvalue weighted by Crippen LogP contribution is -2.32. The van der Waals surface area contributed by atoms with E-state index in [0.29, 0.717) is 17.7 Å². The summed E-state index contributed by atoms with van der Waals surface area (Å²) in [6.45, 7) is 3.20. The lowest BCUT2D eigenvalue weighted by atomic mass is 10.1. The standard InChI is InChI=1S/C19H23N5O3/c1-13-8-9-14(12-16(13)24(26)27)19(25)22-11-5-6-15(22)18-21-20-17-7-3-2-4-10-23(17)18/h8-9,12,15H,2-7,10-11H2,1H3. The summed E-state index contributed by atoms with van der Waals surface area (Å²) in [5.41, 5.74) is 0.889. The predicted octanol–water partition coefficient (Wildman–Crippen LogP) is 3.20. The van der Waals surface area contributed by atoms with Gasteiger partial charge in [-0.25, -0.2) is 0 Å². The van der Waals surface area contributed by atoms with Crippen molar-refractivity contribution in [2.45, 2.75) is 58.0 Å². The highest BCUT2D eigenvalue weighted by Gasteiger charge is 2.35. The smallest absolute Gasteiger partial charge is 0.273 e. The molecule has 1 fully saturated rings. The van der Waals surface area contributed by atoms with Gasteiger partial charge < -0.3 is 9.47 Å². The van der Waals surface area contributed by atoms with E-state index >= 15 is 0 Å². The monoisotopic (exact) mass is 369 g/mol. The van der Waals surface area contributed by atoms with Crippen molar-refractivity contribution in [3.63, 3.8) is 0 Å². The molecule has 0 aliphatic carbocycles. The molecule has 27 heavy (non-hydrogen) atoms. The molecule has 3 heterocycles. The number of nitro benzene ring substituents is 1. The maximum absolute atomic E-state index is 13.1. The van der Waals surface area contributed by atoms with Crippen LogP contribution in [0, 0.1) is 17.0 Å². The number of fused-ring (bicyclic) bond motifs is 1. The van der Waals surface area contributed by atoms with E-state index in [9.17, 15) is 14.9 Å². The van der Waals surface area contributed by atoms with Crippen molar-refractivity contribution >= 4 is 11.6 Å². The number of benzene rings is 1. The lowest BCUT2D eigenvalue weighted by Gasteiger charge is -2.25. The fourth-order valence-corrected chi connectivity index (χ4v) is 4.14. The SMILES string of the molecule is Cc1ccc(C(=O)N2CCCC2c2nnc3n2CCCCC3)cc1[N+](=O)[O-]. The van der Waals surface area contributed by atoms with Crippen molar-refractivity contribution in [2.75, 3.05) is 6.54 Å².